The molecule has 0 saturated heterocycles. The summed E-state index contributed by atoms with van der Waals surface area (Å²) in [5.74, 6) is 0.169. The van der Waals surface area contributed by atoms with Crippen molar-refractivity contribution in [2.24, 2.45) is 0 Å². The number of hydrogen-bond donors (Lipinski definition) is 1. The van der Waals surface area contributed by atoms with Gasteiger partial charge in [0.05, 0.1) is 0 Å². The van der Waals surface area contributed by atoms with Crippen molar-refractivity contribution in [1.29, 1.82) is 0 Å². The van der Waals surface area contributed by atoms with E-state index in [9.17, 15) is 4.79 Å². The van der Waals surface area contributed by atoms with E-state index in [1.54, 1.807) is 30.3 Å². The van der Waals surface area contributed by atoms with Gasteiger partial charge in [0.2, 0.25) is 5.91 Å². The van der Waals surface area contributed by atoms with Gasteiger partial charge in [0, 0.05) is 42.9 Å². The smallest absolute Gasteiger partial charge is 0.223 e. The number of carbonyl (C=O) groups is 1. The van der Waals surface area contributed by atoms with Crippen LogP contribution in [0.5, 0.6) is 0 Å². The first kappa shape index (κ1) is 13.2. The largest absolute Gasteiger partial charge is 0.349 e. The minimum Gasteiger partial charge on any atom is -0.349 e. The number of thiophene rings is 1. The van der Waals surface area contributed by atoms with E-state index in [0.717, 1.165) is 6.54 Å². The van der Waals surface area contributed by atoms with E-state index in [2.05, 4.69) is 24.4 Å². The molecule has 1 heterocycles. The van der Waals surface area contributed by atoms with Gasteiger partial charge in [-0.15, -0.1) is 11.3 Å². The molecule has 1 unspecified atom stereocenters. The van der Waals surface area contributed by atoms with Gasteiger partial charge in [-0.25, -0.2) is 0 Å². The van der Waals surface area contributed by atoms with Crippen molar-refractivity contribution in [3.8, 4) is 0 Å². The lowest BCUT2D eigenvalue weighted by atomic mass is 10.2. The second kappa shape index (κ2) is 6.01. The predicted molar refractivity (Wildman–Crippen MR) is 68.7 cm³/mol. The molecule has 0 saturated carbocycles. The van der Waals surface area contributed by atoms with Crippen molar-refractivity contribution in [1.82, 2.24) is 10.2 Å². The summed E-state index contributed by atoms with van der Waals surface area (Å²) in [5.41, 5.74) is 0. The molecule has 16 heavy (non-hydrogen) atoms. The summed E-state index contributed by atoms with van der Waals surface area (Å²) in [6.07, 6.45) is 0.553. The van der Waals surface area contributed by atoms with E-state index in [1.807, 2.05) is 6.92 Å². The highest BCUT2D eigenvalue weighted by Crippen LogP contribution is 2.14. The first-order valence-corrected chi connectivity index (χ1v) is 6.29. The SMILES string of the molecule is Cc1ccc(CNC(C)CC(=O)N(C)C)s1. The average Bonchev–Trinajstić information content (AvgIpc) is 2.61. The molecule has 0 bridgehead atoms. The van der Waals surface area contributed by atoms with Gasteiger partial charge in [0.15, 0.2) is 0 Å². The Morgan fingerprint density at radius 2 is 2.19 bits per heavy atom. The summed E-state index contributed by atoms with van der Waals surface area (Å²) in [4.78, 5) is 15.7. The fourth-order valence-corrected chi connectivity index (χ4v) is 2.21. The summed E-state index contributed by atoms with van der Waals surface area (Å²) in [6, 6.07) is 4.47. The summed E-state index contributed by atoms with van der Waals surface area (Å²) < 4.78 is 0. The maximum atomic E-state index is 11.5. The number of aryl methyl sites for hydroxylation is 1. The minimum absolute atomic E-state index is 0.169. The second-order valence-corrected chi connectivity index (χ2v) is 5.66. The molecule has 90 valence electrons. The van der Waals surface area contributed by atoms with Crippen LogP contribution in [0, 0.1) is 6.92 Å². The van der Waals surface area contributed by atoms with Gasteiger partial charge in [0.25, 0.3) is 0 Å². The van der Waals surface area contributed by atoms with Crippen molar-refractivity contribution >= 4 is 17.2 Å². The van der Waals surface area contributed by atoms with Crippen LogP contribution in [0.15, 0.2) is 12.1 Å². The third-order valence-corrected chi connectivity index (χ3v) is 3.40. The van der Waals surface area contributed by atoms with Gasteiger partial charge in [0.1, 0.15) is 0 Å². The molecule has 1 atom stereocenters. The van der Waals surface area contributed by atoms with Crippen LogP contribution in [0.2, 0.25) is 0 Å². The van der Waals surface area contributed by atoms with E-state index in [0.29, 0.717) is 6.42 Å². The van der Waals surface area contributed by atoms with E-state index < -0.39 is 0 Å². The van der Waals surface area contributed by atoms with Crippen LogP contribution in [-0.2, 0) is 11.3 Å². The third-order valence-electron chi connectivity index (χ3n) is 2.40. The molecule has 3 nitrogen and oxygen atoms in total. The molecule has 0 aliphatic heterocycles. The molecule has 0 fully saturated rings. The van der Waals surface area contributed by atoms with Crippen LogP contribution in [0.4, 0.5) is 0 Å². The van der Waals surface area contributed by atoms with Gasteiger partial charge in [-0.2, -0.15) is 0 Å². The van der Waals surface area contributed by atoms with Crippen molar-refractivity contribution in [2.75, 3.05) is 14.1 Å². The Bertz CT molecular complexity index is 347. The fourth-order valence-electron chi connectivity index (χ4n) is 1.37. The standard InChI is InChI=1S/C12H20N2OS/c1-9(7-12(15)14(3)4)13-8-11-6-5-10(2)16-11/h5-6,9,13H,7-8H2,1-4H3. The Morgan fingerprint density at radius 1 is 1.50 bits per heavy atom. The van der Waals surface area contributed by atoms with Crippen molar-refractivity contribution in [2.45, 2.75) is 32.9 Å². The Balaban J connectivity index is 2.30. The Labute approximate surface area is 101 Å². The van der Waals surface area contributed by atoms with Gasteiger partial charge >= 0.3 is 0 Å². The van der Waals surface area contributed by atoms with Gasteiger partial charge in [-0.05, 0) is 26.0 Å². The quantitative estimate of drug-likeness (QED) is 0.854. The first-order chi connectivity index (χ1) is 7.49. The highest BCUT2D eigenvalue weighted by atomic mass is 32.1. The van der Waals surface area contributed by atoms with Gasteiger partial charge < -0.3 is 10.2 Å². The number of nitrogens with one attached hydrogen (secondary N) is 1. The van der Waals surface area contributed by atoms with Crippen LogP contribution in [0.1, 0.15) is 23.1 Å². The molecule has 1 N–H and O–H groups in total. The average molecular weight is 240 g/mol. The lowest BCUT2D eigenvalue weighted by Crippen LogP contribution is -2.32. The molecule has 0 aromatic carbocycles. The fraction of sp³-hybridized carbons (Fsp3) is 0.583. The minimum atomic E-state index is 0.169. The summed E-state index contributed by atoms with van der Waals surface area (Å²) in [6.45, 7) is 5.00. The lowest BCUT2D eigenvalue weighted by Gasteiger charge is -2.16. The second-order valence-electron chi connectivity index (χ2n) is 4.29. The number of carbonyl (C=O) groups excluding carboxylic acids is 1. The molecule has 4 heteroatoms. The molecule has 1 amide bonds. The van der Waals surface area contributed by atoms with E-state index >= 15 is 0 Å². The number of rotatable bonds is 5. The molecular weight excluding hydrogens is 220 g/mol. The van der Waals surface area contributed by atoms with E-state index in [-0.39, 0.29) is 11.9 Å². The summed E-state index contributed by atoms with van der Waals surface area (Å²) in [7, 11) is 3.58. The Kier molecular flexibility index (Phi) is 4.96. The third kappa shape index (κ3) is 4.33. The van der Waals surface area contributed by atoms with Crippen LogP contribution < -0.4 is 5.32 Å². The molecule has 1 aromatic heterocycles. The van der Waals surface area contributed by atoms with Crippen molar-refractivity contribution in [3.05, 3.63) is 21.9 Å². The van der Waals surface area contributed by atoms with Crippen LogP contribution >= 0.6 is 11.3 Å². The number of nitrogens with zero attached hydrogens (tertiary/aromatic N) is 1. The summed E-state index contributed by atoms with van der Waals surface area (Å²) >= 11 is 1.80. The molecule has 1 aromatic rings. The van der Waals surface area contributed by atoms with Crippen molar-refractivity contribution in [3.63, 3.8) is 0 Å². The maximum Gasteiger partial charge on any atom is 0.223 e. The molecular formula is C12H20N2OS. The van der Waals surface area contributed by atoms with Crippen LogP contribution in [0.3, 0.4) is 0 Å². The highest BCUT2D eigenvalue weighted by Gasteiger charge is 2.10. The number of amides is 1. The molecule has 0 spiro atoms. The van der Waals surface area contributed by atoms with Gasteiger partial charge in [-0.3, -0.25) is 4.79 Å². The monoisotopic (exact) mass is 240 g/mol. The molecule has 0 aliphatic rings. The predicted octanol–water partition coefficient (Wildman–Crippen LogP) is 2.01. The molecule has 1 rings (SSSR count). The zero-order valence-electron chi connectivity index (χ0n) is 10.4. The maximum absolute atomic E-state index is 11.5. The molecule has 0 aliphatic carbocycles. The van der Waals surface area contributed by atoms with Gasteiger partial charge in [-0.1, -0.05) is 0 Å². The van der Waals surface area contributed by atoms with Crippen LogP contribution in [0.25, 0.3) is 0 Å². The van der Waals surface area contributed by atoms with E-state index in [1.165, 1.54) is 9.75 Å². The van der Waals surface area contributed by atoms with Crippen molar-refractivity contribution < 1.29 is 4.79 Å². The Hall–Kier alpha value is -0.870. The zero-order chi connectivity index (χ0) is 12.1. The zero-order valence-corrected chi connectivity index (χ0v) is 11.2. The van der Waals surface area contributed by atoms with E-state index in [4.69, 9.17) is 0 Å². The van der Waals surface area contributed by atoms with Crippen LogP contribution in [-0.4, -0.2) is 30.9 Å². The number of hydrogen-bond acceptors (Lipinski definition) is 3. The molecule has 0 radical (unpaired) electrons. The summed E-state index contributed by atoms with van der Waals surface area (Å²) in [5, 5.41) is 3.36. The normalized spacial score (nSPS) is 12.5. The first-order valence-electron chi connectivity index (χ1n) is 5.48. The lowest BCUT2D eigenvalue weighted by molar-refractivity contribution is -0.129. The topological polar surface area (TPSA) is 32.3 Å². The highest BCUT2D eigenvalue weighted by molar-refractivity contribution is 7.11. The Morgan fingerprint density at radius 3 is 2.69 bits per heavy atom.